The Morgan fingerprint density at radius 3 is 2.50 bits per heavy atom. The number of nitrogens with zero attached hydrogens (tertiary/aromatic N) is 1. The van der Waals surface area contributed by atoms with Gasteiger partial charge in [0.2, 0.25) is 0 Å². The van der Waals surface area contributed by atoms with Gasteiger partial charge in [0.25, 0.3) is 0 Å². The van der Waals surface area contributed by atoms with E-state index in [1.54, 1.807) is 0 Å². The van der Waals surface area contributed by atoms with Crippen LogP contribution >= 0.6 is 0 Å². The fourth-order valence-corrected chi connectivity index (χ4v) is 2.50. The molecule has 0 aromatic carbocycles. The fourth-order valence-electron chi connectivity index (χ4n) is 2.50. The van der Waals surface area contributed by atoms with E-state index >= 15 is 0 Å². The Hall–Kier alpha value is -0.780. The summed E-state index contributed by atoms with van der Waals surface area (Å²) in [5, 5.41) is 9.12. The third kappa shape index (κ3) is 5.25. The third-order valence-electron chi connectivity index (χ3n) is 3.45. The second-order valence-corrected chi connectivity index (χ2v) is 5.40. The van der Waals surface area contributed by atoms with Crippen molar-refractivity contribution >= 4 is 0 Å². The number of hydrogen-bond donors (Lipinski definition) is 1. The van der Waals surface area contributed by atoms with Crippen LogP contribution in [0.1, 0.15) is 46.5 Å². The van der Waals surface area contributed by atoms with Gasteiger partial charge >= 0.3 is 0 Å². The lowest BCUT2D eigenvalue weighted by Crippen LogP contribution is -2.34. The van der Waals surface area contributed by atoms with E-state index < -0.39 is 0 Å². The van der Waals surface area contributed by atoms with E-state index in [-0.39, 0.29) is 6.73 Å². The maximum atomic E-state index is 9.12. The molecule has 2 nitrogen and oxygen atoms in total. The second-order valence-electron chi connectivity index (χ2n) is 5.40. The Kier molecular flexibility index (Phi) is 7.08. The standard InChI is InChI=1S/C16H27NO/c1-4-5-6-7-16(12-14(2)3)15-8-10-17(13-18)11-9-15/h12,14-15,18H,4,7-11,13H2,1-3H3/b16-12+. The normalized spacial score (nSPS) is 18.8. The van der Waals surface area contributed by atoms with Crippen LogP contribution in [0.25, 0.3) is 0 Å². The highest BCUT2D eigenvalue weighted by Gasteiger charge is 2.21. The second kappa shape index (κ2) is 8.34. The predicted octanol–water partition coefficient (Wildman–Crippen LogP) is 3.03. The molecule has 1 aliphatic heterocycles. The van der Waals surface area contributed by atoms with Crippen molar-refractivity contribution in [2.75, 3.05) is 19.8 Å². The Bertz CT molecular complexity index is 314. The van der Waals surface area contributed by atoms with Gasteiger partial charge in [0.05, 0.1) is 6.73 Å². The first kappa shape index (κ1) is 15.3. The lowest BCUT2D eigenvalue weighted by Gasteiger charge is -2.31. The minimum atomic E-state index is 0.200. The molecule has 1 fully saturated rings. The van der Waals surface area contributed by atoms with E-state index in [0.717, 1.165) is 38.8 Å². The molecule has 102 valence electrons. The van der Waals surface area contributed by atoms with E-state index in [1.807, 2.05) is 0 Å². The molecule has 0 radical (unpaired) electrons. The lowest BCUT2D eigenvalue weighted by molar-refractivity contribution is 0.0782. The summed E-state index contributed by atoms with van der Waals surface area (Å²) < 4.78 is 0. The first-order chi connectivity index (χ1) is 8.67. The zero-order valence-corrected chi connectivity index (χ0v) is 12.1. The van der Waals surface area contributed by atoms with Crippen molar-refractivity contribution in [3.63, 3.8) is 0 Å². The van der Waals surface area contributed by atoms with E-state index in [1.165, 1.54) is 5.57 Å². The van der Waals surface area contributed by atoms with Crippen molar-refractivity contribution in [1.82, 2.24) is 4.90 Å². The van der Waals surface area contributed by atoms with E-state index in [4.69, 9.17) is 5.11 Å². The van der Waals surface area contributed by atoms with E-state index in [0.29, 0.717) is 11.8 Å². The van der Waals surface area contributed by atoms with Crippen molar-refractivity contribution in [2.45, 2.75) is 46.5 Å². The zero-order valence-electron chi connectivity index (χ0n) is 12.1. The molecule has 1 rings (SSSR count). The molecule has 0 unspecified atom stereocenters. The summed E-state index contributed by atoms with van der Waals surface area (Å²) in [6.45, 7) is 8.78. The summed E-state index contributed by atoms with van der Waals surface area (Å²) in [7, 11) is 0. The number of piperidine rings is 1. The molecular formula is C16H27NO. The molecule has 0 aromatic rings. The van der Waals surface area contributed by atoms with Crippen LogP contribution < -0.4 is 0 Å². The Labute approximate surface area is 112 Å². The van der Waals surface area contributed by atoms with Gasteiger partial charge in [-0.2, -0.15) is 0 Å². The molecular weight excluding hydrogens is 222 g/mol. The van der Waals surface area contributed by atoms with Gasteiger partial charge in [0.15, 0.2) is 0 Å². The number of likely N-dealkylation sites (tertiary alicyclic amines) is 1. The first-order valence-electron chi connectivity index (χ1n) is 7.16. The molecule has 0 aliphatic carbocycles. The summed E-state index contributed by atoms with van der Waals surface area (Å²) in [5.74, 6) is 7.72. The molecule has 1 N–H and O–H groups in total. The maximum absolute atomic E-state index is 9.12. The number of aliphatic hydroxyl groups excluding tert-OH is 1. The molecule has 2 heteroatoms. The molecule has 0 aromatic heterocycles. The number of hydrogen-bond acceptors (Lipinski definition) is 2. The highest BCUT2D eigenvalue weighted by atomic mass is 16.3. The van der Waals surface area contributed by atoms with Crippen LogP contribution in [0.4, 0.5) is 0 Å². The van der Waals surface area contributed by atoms with Crippen LogP contribution in [0.15, 0.2) is 11.6 Å². The first-order valence-corrected chi connectivity index (χ1v) is 7.16. The average molecular weight is 249 g/mol. The van der Waals surface area contributed by atoms with Crippen LogP contribution in [-0.4, -0.2) is 29.8 Å². The molecule has 0 saturated carbocycles. The Morgan fingerprint density at radius 2 is 2.00 bits per heavy atom. The van der Waals surface area contributed by atoms with Crippen molar-refractivity contribution < 1.29 is 5.11 Å². The minimum Gasteiger partial charge on any atom is -0.381 e. The quantitative estimate of drug-likeness (QED) is 0.611. The van der Waals surface area contributed by atoms with Crippen LogP contribution in [-0.2, 0) is 0 Å². The van der Waals surface area contributed by atoms with Crippen molar-refractivity contribution in [1.29, 1.82) is 0 Å². The smallest absolute Gasteiger partial charge is 0.0956 e. The molecule has 1 saturated heterocycles. The van der Waals surface area contributed by atoms with Gasteiger partial charge in [-0.3, -0.25) is 4.90 Å². The van der Waals surface area contributed by atoms with Crippen molar-refractivity contribution in [3.8, 4) is 11.8 Å². The Balaban J connectivity index is 2.61. The average Bonchev–Trinajstić information content (AvgIpc) is 2.37. The minimum absolute atomic E-state index is 0.200. The molecule has 0 amide bonds. The largest absolute Gasteiger partial charge is 0.381 e. The van der Waals surface area contributed by atoms with Crippen LogP contribution in [0, 0.1) is 23.7 Å². The van der Waals surface area contributed by atoms with Crippen molar-refractivity contribution in [2.24, 2.45) is 11.8 Å². The molecule has 0 spiro atoms. The predicted molar refractivity (Wildman–Crippen MR) is 77.0 cm³/mol. The molecule has 18 heavy (non-hydrogen) atoms. The summed E-state index contributed by atoms with van der Waals surface area (Å²) >= 11 is 0. The summed E-state index contributed by atoms with van der Waals surface area (Å²) in [5.41, 5.74) is 1.52. The van der Waals surface area contributed by atoms with Gasteiger partial charge in [-0.25, -0.2) is 0 Å². The molecule has 0 atom stereocenters. The van der Waals surface area contributed by atoms with Gasteiger partial charge in [0, 0.05) is 25.9 Å². The molecule has 1 aliphatic rings. The maximum Gasteiger partial charge on any atom is 0.0956 e. The summed E-state index contributed by atoms with van der Waals surface area (Å²) in [6.07, 6.45) is 6.58. The molecule has 0 bridgehead atoms. The van der Waals surface area contributed by atoms with Gasteiger partial charge in [0.1, 0.15) is 0 Å². The zero-order chi connectivity index (χ0) is 13.4. The lowest BCUT2D eigenvalue weighted by atomic mass is 9.86. The Morgan fingerprint density at radius 1 is 1.33 bits per heavy atom. The van der Waals surface area contributed by atoms with Gasteiger partial charge in [-0.15, -0.1) is 5.92 Å². The van der Waals surface area contributed by atoms with Gasteiger partial charge < -0.3 is 5.11 Å². The van der Waals surface area contributed by atoms with E-state index in [9.17, 15) is 0 Å². The van der Waals surface area contributed by atoms with Crippen LogP contribution in [0.3, 0.4) is 0 Å². The number of allylic oxidation sites excluding steroid dienone is 2. The summed E-state index contributed by atoms with van der Waals surface area (Å²) in [4.78, 5) is 2.11. The van der Waals surface area contributed by atoms with Gasteiger partial charge in [-0.1, -0.05) is 38.3 Å². The van der Waals surface area contributed by atoms with Crippen LogP contribution in [0.5, 0.6) is 0 Å². The fraction of sp³-hybridized carbons (Fsp3) is 0.750. The third-order valence-corrected chi connectivity index (χ3v) is 3.45. The molecule has 1 heterocycles. The van der Waals surface area contributed by atoms with Crippen molar-refractivity contribution in [3.05, 3.63) is 11.6 Å². The summed E-state index contributed by atoms with van der Waals surface area (Å²) in [6, 6.07) is 0. The number of aliphatic hydroxyl groups is 1. The van der Waals surface area contributed by atoms with Crippen LogP contribution in [0.2, 0.25) is 0 Å². The topological polar surface area (TPSA) is 23.5 Å². The highest BCUT2D eigenvalue weighted by molar-refractivity contribution is 5.17. The van der Waals surface area contributed by atoms with Gasteiger partial charge in [-0.05, 0) is 24.7 Å². The highest BCUT2D eigenvalue weighted by Crippen LogP contribution is 2.27. The SMILES string of the molecule is CCC#CC/C(=C\C(C)C)C1CCN(CO)CC1. The number of rotatable bonds is 4. The monoisotopic (exact) mass is 249 g/mol. The van der Waals surface area contributed by atoms with E-state index in [2.05, 4.69) is 43.6 Å².